The standard InChI is InChI=1S/C14H22N2O2S/c1-3-16(11-13-7-5-9-15-13)19(17,18)14-8-4-6-12(2)10-14/h4,6,8,10,13,15H,3,5,7,9,11H2,1-2H3. The van der Waals surface area contributed by atoms with E-state index in [9.17, 15) is 8.42 Å². The van der Waals surface area contributed by atoms with E-state index in [0.717, 1.165) is 24.9 Å². The van der Waals surface area contributed by atoms with Crippen LogP contribution in [0.3, 0.4) is 0 Å². The Bertz CT molecular complexity index is 522. The van der Waals surface area contributed by atoms with Gasteiger partial charge in [-0.3, -0.25) is 0 Å². The van der Waals surface area contributed by atoms with E-state index in [4.69, 9.17) is 0 Å². The smallest absolute Gasteiger partial charge is 0.243 e. The van der Waals surface area contributed by atoms with Gasteiger partial charge < -0.3 is 5.32 Å². The number of benzene rings is 1. The number of likely N-dealkylation sites (N-methyl/N-ethyl adjacent to an activating group) is 1. The molecule has 1 N–H and O–H groups in total. The van der Waals surface area contributed by atoms with Gasteiger partial charge in [0.05, 0.1) is 4.90 Å². The quantitative estimate of drug-likeness (QED) is 0.895. The summed E-state index contributed by atoms with van der Waals surface area (Å²) in [5.74, 6) is 0. The number of nitrogens with zero attached hydrogens (tertiary/aromatic N) is 1. The molecule has 1 aliphatic heterocycles. The van der Waals surface area contributed by atoms with Crippen LogP contribution in [0.1, 0.15) is 25.3 Å². The lowest BCUT2D eigenvalue weighted by atomic mass is 10.2. The summed E-state index contributed by atoms with van der Waals surface area (Å²) >= 11 is 0. The Balaban J connectivity index is 2.20. The van der Waals surface area contributed by atoms with E-state index in [1.54, 1.807) is 22.5 Å². The highest BCUT2D eigenvalue weighted by molar-refractivity contribution is 7.89. The minimum atomic E-state index is -3.37. The molecule has 0 amide bonds. The van der Waals surface area contributed by atoms with Crippen molar-refractivity contribution in [3.8, 4) is 0 Å². The number of aryl methyl sites for hydroxylation is 1. The summed E-state index contributed by atoms with van der Waals surface area (Å²) in [6, 6.07) is 7.41. The Kier molecular flexibility index (Phi) is 4.60. The lowest BCUT2D eigenvalue weighted by molar-refractivity contribution is 0.383. The minimum absolute atomic E-state index is 0.291. The minimum Gasteiger partial charge on any atom is -0.313 e. The average molecular weight is 282 g/mol. The van der Waals surface area contributed by atoms with Crippen molar-refractivity contribution in [2.45, 2.75) is 37.6 Å². The molecule has 0 saturated carbocycles. The molecular weight excluding hydrogens is 260 g/mol. The Morgan fingerprint density at radius 2 is 2.21 bits per heavy atom. The van der Waals surface area contributed by atoms with Gasteiger partial charge in [0, 0.05) is 19.1 Å². The third-order valence-electron chi connectivity index (χ3n) is 3.57. The highest BCUT2D eigenvalue weighted by Crippen LogP contribution is 2.18. The number of hydrogen-bond acceptors (Lipinski definition) is 3. The summed E-state index contributed by atoms with van der Waals surface area (Å²) in [5.41, 5.74) is 0.969. The Hall–Kier alpha value is -0.910. The molecule has 1 atom stereocenters. The fraction of sp³-hybridized carbons (Fsp3) is 0.571. The Morgan fingerprint density at radius 3 is 2.79 bits per heavy atom. The molecule has 0 bridgehead atoms. The summed E-state index contributed by atoms with van der Waals surface area (Å²) in [6.45, 7) is 5.87. The van der Waals surface area contributed by atoms with Crippen molar-refractivity contribution in [3.63, 3.8) is 0 Å². The van der Waals surface area contributed by atoms with Crippen LogP contribution in [-0.2, 0) is 10.0 Å². The van der Waals surface area contributed by atoms with Gasteiger partial charge in [0.2, 0.25) is 10.0 Å². The zero-order chi connectivity index (χ0) is 13.9. The second-order valence-electron chi connectivity index (χ2n) is 5.07. The second kappa shape index (κ2) is 6.03. The molecule has 19 heavy (non-hydrogen) atoms. The molecule has 1 aromatic rings. The largest absolute Gasteiger partial charge is 0.313 e. The first-order chi connectivity index (χ1) is 9.04. The topological polar surface area (TPSA) is 49.4 Å². The van der Waals surface area contributed by atoms with Crippen LogP contribution in [0.4, 0.5) is 0 Å². The molecule has 1 heterocycles. The number of nitrogens with one attached hydrogen (secondary N) is 1. The number of sulfonamides is 1. The average Bonchev–Trinajstić information content (AvgIpc) is 2.88. The summed E-state index contributed by atoms with van der Waals surface area (Å²) in [6.07, 6.45) is 2.19. The Morgan fingerprint density at radius 1 is 1.42 bits per heavy atom. The van der Waals surface area contributed by atoms with E-state index >= 15 is 0 Å². The van der Waals surface area contributed by atoms with Gasteiger partial charge in [0.25, 0.3) is 0 Å². The molecular formula is C14H22N2O2S. The maximum Gasteiger partial charge on any atom is 0.243 e. The maximum atomic E-state index is 12.6. The molecule has 1 aromatic carbocycles. The molecule has 0 aliphatic carbocycles. The molecule has 0 aromatic heterocycles. The molecule has 1 saturated heterocycles. The van der Waals surface area contributed by atoms with Crippen LogP contribution in [0.15, 0.2) is 29.2 Å². The van der Waals surface area contributed by atoms with Crippen LogP contribution < -0.4 is 5.32 Å². The normalized spacial score (nSPS) is 20.1. The van der Waals surface area contributed by atoms with E-state index in [0.29, 0.717) is 24.0 Å². The summed E-state index contributed by atoms with van der Waals surface area (Å²) in [4.78, 5) is 0.396. The van der Waals surface area contributed by atoms with Crippen molar-refractivity contribution in [2.24, 2.45) is 0 Å². The van der Waals surface area contributed by atoms with Crippen molar-refractivity contribution in [1.29, 1.82) is 0 Å². The van der Waals surface area contributed by atoms with Gasteiger partial charge in [-0.2, -0.15) is 4.31 Å². The van der Waals surface area contributed by atoms with E-state index in [1.807, 2.05) is 19.9 Å². The van der Waals surface area contributed by atoms with Crippen molar-refractivity contribution in [2.75, 3.05) is 19.6 Å². The lowest BCUT2D eigenvalue weighted by Gasteiger charge is -2.24. The van der Waals surface area contributed by atoms with Crippen molar-refractivity contribution in [3.05, 3.63) is 29.8 Å². The zero-order valence-electron chi connectivity index (χ0n) is 11.6. The van der Waals surface area contributed by atoms with Crippen LogP contribution >= 0.6 is 0 Å². The summed E-state index contributed by atoms with van der Waals surface area (Å²) < 4.78 is 26.8. The number of rotatable bonds is 5. The predicted octanol–water partition coefficient (Wildman–Crippen LogP) is 1.76. The zero-order valence-corrected chi connectivity index (χ0v) is 12.4. The van der Waals surface area contributed by atoms with Crippen molar-refractivity contribution < 1.29 is 8.42 Å². The van der Waals surface area contributed by atoms with Crippen LogP contribution in [-0.4, -0.2) is 38.4 Å². The Labute approximate surface area is 115 Å². The van der Waals surface area contributed by atoms with Crippen LogP contribution in [0, 0.1) is 6.92 Å². The van der Waals surface area contributed by atoms with Crippen LogP contribution in [0.5, 0.6) is 0 Å². The van der Waals surface area contributed by atoms with Crippen LogP contribution in [0.2, 0.25) is 0 Å². The van der Waals surface area contributed by atoms with Gasteiger partial charge >= 0.3 is 0 Å². The second-order valence-corrected chi connectivity index (χ2v) is 7.00. The highest BCUT2D eigenvalue weighted by atomic mass is 32.2. The summed E-state index contributed by atoms with van der Waals surface area (Å²) in [7, 11) is -3.37. The fourth-order valence-corrected chi connectivity index (χ4v) is 4.08. The molecule has 4 nitrogen and oxygen atoms in total. The summed E-state index contributed by atoms with van der Waals surface area (Å²) in [5, 5.41) is 3.35. The molecule has 2 rings (SSSR count). The molecule has 0 spiro atoms. The number of hydrogen-bond donors (Lipinski definition) is 1. The van der Waals surface area contributed by atoms with E-state index in [1.165, 1.54) is 0 Å². The van der Waals surface area contributed by atoms with Gasteiger partial charge in [-0.05, 0) is 44.0 Å². The fourth-order valence-electron chi connectivity index (χ4n) is 2.48. The predicted molar refractivity (Wildman–Crippen MR) is 76.6 cm³/mol. The highest BCUT2D eigenvalue weighted by Gasteiger charge is 2.27. The maximum absolute atomic E-state index is 12.6. The first-order valence-corrected chi connectivity index (χ1v) is 8.28. The molecule has 5 heteroatoms. The monoisotopic (exact) mass is 282 g/mol. The van der Waals surface area contributed by atoms with E-state index in [2.05, 4.69) is 5.32 Å². The van der Waals surface area contributed by atoms with Crippen LogP contribution in [0.25, 0.3) is 0 Å². The van der Waals surface area contributed by atoms with Gasteiger partial charge in [0.15, 0.2) is 0 Å². The molecule has 1 fully saturated rings. The van der Waals surface area contributed by atoms with E-state index in [-0.39, 0.29) is 0 Å². The molecule has 1 unspecified atom stereocenters. The van der Waals surface area contributed by atoms with Gasteiger partial charge in [-0.15, -0.1) is 0 Å². The van der Waals surface area contributed by atoms with Crippen molar-refractivity contribution >= 4 is 10.0 Å². The van der Waals surface area contributed by atoms with Gasteiger partial charge in [-0.1, -0.05) is 19.1 Å². The first-order valence-electron chi connectivity index (χ1n) is 6.84. The van der Waals surface area contributed by atoms with Crippen molar-refractivity contribution in [1.82, 2.24) is 9.62 Å². The van der Waals surface area contributed by atoms with Gasteiger partial charge in [0.1, 0.15) is 0 Å². The van der Waals surface area contributed by atoms with E-state index < -0.39 is 10.0 Å². The SMILES string of the molecule is CCN(CC1CCCN1)S(=O)(=O)c1cccc(C)c1. The van der Waals surface area contributed by atoms with Gasteiger partial charge in [-0.25, -0.2) is 8.42 Å². The lowest BCUT2D eigenvalue weighted by Crippen LogP contribution is -2.40. The molecule has 106 valence electrons. The molecule has 1 aliphatic rings. The third kappa shape index (κ3) is 3.35. The third-order valence-corrected chi connectivity index (χ3v) is 5.50. The molecule has 0 radical (unpaired) electrons. The first kappa shape index (κ1) is 14.5.